The van der Waals surface area contributed by atoms with Crippen molar-refractivity contribution in [2.45, 2.75) is 212 Å². The second kappa shape index (κ2) is 13.9. The zero-order valence-corrected chi connectivity index (χ0v) is 31.8. The van der Waals surface area contributed by atoms with E-state index in [1.54, 1.807) is 135 Å². The Morgan fingerprint density at radius 1 is 0.319 bits per heavy atom. The Kier molecular flexibility index (Phi) is 9.56. The van der Waals surface area contributed by atoms with Crippen molar-refractivity contribution in [3.63, 3.8) is 0 Å². The van der Waals surface area contributed by atoms with Crippen molar-refractivity contribution in [2.75, 3.05) is 0 Å². The van der Waals surface area contributed by atoms with E-state index in [-0.39, 0.29) is 0 Å². The maximum absolute atomic E-state index is 3.33. The van der Waals surface area contributed by atoms with Gasteiger partial charge in [-0.05, 0) is 175 Å². The van der Waals surface area contributed by atoms with Gasteiger partial charge in [0.25, 0.3) is 0 Å². The van der Waals surface area contributed by atoms with Crippen molar-refractivity contribution in [3.8, 4) is 0 Å². The summed E-state index contributed by atoms with van der Waals surface area (Å²) < 4.78 is 0. The standard InChI is InChI=1S/C44H71NS2/c1-2-10-31(11-3-1)45(33-23-24-35-30(27-33)18-17-28-9-4-5-12-34(28)35)32-21-19-29(20-22-32)36-14-8-15-37-38-25-26-41-42(44(38)47-43(36)37)39-13-6-7-16-40(39)46-41/h28-44H,1-27H2. The van der Waals surface area contributed by atoms with Crippen LogP contribution >= 0.6 is 23.5 Å². The van der Waals surface area contributed by atoms with Crippen LogP contribution in [0.3, 0.4) is 0 Å². The second-order valence-corrected chi connectivity index (χ2v) is 22.6. The molecule has 3 heteroatoms. The summed E-state index contributed by atoms with van der Waals surface area (Å²) in [6.45, 7) is 0. The molecule has 0 bridgehead atoms. The molecule has 2 heterocycles. The SMILES string of the molecule is C1CCC(N(C2CCC(C3CCCC4C5CCC6SC7CCCCC7C6C5SC34)CC2)C2CCC3C(CCC4CCCCC43)C2)CC1. The van der Waals surface area contributed by atoms with Crippen molar-refractivity contribution in [3.05, 3.63) is 0 Å². The molecule has 264 valence electrons. The smallest absolute Gasteiger partial charge is 0.0123 e. The Balaban J connectivity index is 0.816. The largest absolute Gasteiger partial charge is 0.294 e. The summed E-state index contributed by atoms with van der Waals surface area (Å²) in [4.78, 5) is 3.33. The third kappa shape index (κ3) is 5.89. The fourth-order valence-corrected chi connectivity index (χ4v) is 21.0. The summed E-state index contributed by atoms with van der Waals surface area (Å²) >= 11 is 5.17. The van der Waals surface area contributed by atoms with Crippen LogP contribution in [-0.2, 0) is 0 Å². The van der Waals surface area contributed by atoms with Gasteiger partial charge in [-0.25, -0.2) is 0 Å². The molecular weight excluding hydrogens is 607 g/mol. The predicted octanol–water partition coefficient (Wildman–Crippen LogP) is 12.2. The van der Waals surface area contributed by atoms with Crippen molar-refractivity contribution < 1.29 is 0 Å². The zero-order valence-electron chi connectivity index (χ0n) is 30.2. The van der Waals surface area contributed by atoms with E-state index >= 15 is 0 Å². The van der Waals surface area contributed by atoms with Gasteiger partial charge in [-0.15, -0.1) is 0 Å². The lowest BCUT2D eigenvalue weighted by Crippen LogP contribution is -2.54. The van der Waals surface area contributed by atoms with Gasteiger partial charge >= 0.3 is 0 Å². The monoisotopic (exact) mass is 678 g/mol. The quantitative estimate of drug-likeness (QED) is 0.292. The number of thioether (sulfide) groups is 2. The fourth-order valence-electron chi connectivity index (χ4n) is 16.2. The molecular formula is C44H71NS2. The van der Waals surface area contributed by atoms with Crippen LogP contribution in [0.5, 0.6) is 0 Å². The van der Waals surface area contributed by atoms with Gasteiger partial charge in [0.2, 0.25) is 0 Å². The Morgan fingerprint density at radius 3 is 1.81 bits per heavy atom. The van der Waals surface area contributed by atoms with Crippen molar-refractivity contribution >= 4 is 23.5 Å². The molecule has 2 saturated heterocycles. The lowest BCUT2D eigenvalue weighted by atomic mass is 9.57. The maximum Gasteiger partial charge on any atom is 0.0123 e. The summed E-state index contributed by atoms with van der Waals surface area (Å²) in [6.07, 6.45) is 42.3. The molecule has 0 aromatic heterocycles. The van der Waals surface area contributed by atoms with E-state index in [1.165, 1.54) is 38.5 Å². The highest BCUT2D eigenvalue weighted by Gasteiger charge is 2.59. The number of rotatable bonds is 4. The first kappa shape index (κ1) is 32.3. The van der Waals surface area contributed by atoms with E-state index in [0.717, 1.165) is 98.3 Å². The van der Waals surface area contributed by atoms with Gasteiger partial charge < -0.3 is 0 Å². The maximum atomic E-state index is 3.33. The van der Waals surface area contributed by atoms with Gasteiger partial charge in [0.05, 0.1) is 0 Å². The predicted molar refractivity (Wildman–Crippen MR) is 203 cm³/mol. The molecule has 0 spiro atoms. The molecule has 10 fully saturated rings. The molecule has 47 heavy (non-hydrogen) atoms. The molecule has 8 saturated carbocycles. The van der Waals surface area contributed by atoms with E-state index in [2.05, 4.69) is 28.4 Å². The molecule has 1 nitrogen and oxygen atoms in total. The van der Waals surface area contributed by atoms with Gasteiger partial charge in [-0.2, -0.15) is 23.5 Å². The van der Waals surface area contributed by atoms with E-state index in [9.17, 15) is 0 Å². The molecule has 8 aliphatic carbocycles. The Hall–Kier alpha value is 0.660. The van der Waals surface area contributed by atoms with Crippen LogP contribution in [0.2, 0.25) is 0 Å². The van der Waals surface area contributed by atoms with Crippen molar-refractivity contribution in [1.82, 2.24) is 4.90 Å². The van der Waals surface area contributed by atoms with Crippen molar-refractivity contribution in [2.24, 2.45) is 59.2 Å². The summed E-state index contributed by atoms with van der Waals surface area (Å²) in [7, 11) is 0. The van der Waals surface area contributed by atoms with Crippen LogP contribution in [0.4, 0.5) is 0 Å². The van der Waals surface area contributed by atoms with Crippen LogP contribution < -0.4 is 0 Å². The van der Waals surface area contributed by atoms with Crippen LogP contribution in [0.25, 0.3) is 0 Å². The Morgan fingerprint density at radius 2 is 0.915 bits per heavy atom. The summed E-state index contributed by atoms with van der Waals surface area (Å²) in [6, 6.07) is 2.81. The molecule has 10 aliphatic rings. The lowest BCUT2D eigenvalue weighted by molar-refractivity contribution is -0.0420. The topological polar surface area (TPSA) is 3.24 Å². The zero-order chi connectivity index (χ0) is 30.9. The highest BCUT2D eigenvalue weighted by molar-refractivity contribution is 8.02. The summed E-state index contributed by atoms with van der Waals surface area (Å²) in [5.74, 6) is 11.0. The third-order valence-electron chi connectivity index (χ3n) is 18.0. The Bertz CT molecular complexity index is 1060. The minimum absolute atomic E-state index is 0.930. The Labute approximate surface area is 298 Å². The minimum atomic E-state index is 0.930. The first-order valence-electron chi connectivity index (χ1n) is 22.4. The second-order valence-electron chi connectivity index (χ2n) is 19.8. The lowest BCUT2D eigenvalue weighted by Gasteiger charge is -2.54. The van der Waals surface area contributed by atoms with Crippen LogP contribution in [0.1, 0.15) is 173 Å². The van der Waals surface area contributed by atoms with Gasteiger partial charge in [0, 0.05) is 39.1 Å². The number of nitrogens with zero attached hydrogens (tertiary/aromatic N) is 1. The van der Waals surface area contributed by atoms with Gasteiger partial charge in [0.1, 0.15) is 0 Å². The number of fused-ring (bicyclic) bond motifs is 10. The molecule has 14 unspecified atom stereocenters. The summed E-state index contributed by atoms with van der Waals surface area (Å²) in [5.41, 5.74) is 0. The molecule has 10 rings (SSSR count). The van der Waals surface area contributed by atoms with E-state index in [1.807, 2.05) is 0 Å². The van der Waals surface area contributed by atoms with E-state index in [4.69, 9.17) is 0 Å². The molecule has 0 N–H and O–H groups in total. The third-order valence-corrected chi connectivity index (χ3v) is 21.8. The molecule has 0 aromatic rings. The molecule has 0 aromatic carbocycles. The minimum Gasteiger partial charge on any atom is -0.294 e. The number of hydrogen-bond acceptors (Lipinski definition) is 3. The summed E-state index contributed by atoms with van der Waals surface area (Å²) in [5, 5.41) is 4.20. The average Bonchev–Trinajstić information content (AvgIpc) is 3.71. The average molecular weight is 678 g/mol. The normalized spacial score (nSPS) is 53.3. The van der Waals surface area contributed by atoms with Gasteiger partial charge in [-0.1, -0.05) is 57.8 Å². The number of hydrogen-bond donors (Lipinski definition) is 0. The van der Waals surface area contributed by atoms with Gasteiger partial charge in [-0.3, -0.25) is 4.90 Å². The highest BCUT2D eigenvalue weighted by Crippen LogP contribution is 2.66. The van der Waals surface area contributed by atoms with Crippen molar-refractivity contribution in [1.29, 1.82) is 0 Å². The van der Waals surface area contributed by atoms with E-state index < -0.39 is 0 Å². The molecule has 14 atom stereocenters. The molecule has 0 radical (unpaired) electrons. The van der Waals surface area contributed by atoms with E-state index in [0.29, 0.717) is 0 Å². The fraction of sp³-hybridized carbons (Fsp3) is 1.00. The first-order chi connectivity index (χ1) is 23.3. The van der Waals surface area contributed by atoms with Crippen LogP contribution in [0.15, 0.2) is 0 Å². The molecule has 2 aliphatic heterocycles. The highest BCUT2D eigenvalue weighted by atomic mass is 32.2. The van der Waals surface area contributed by atoms with Crippen LogP contribution in [0, 0.1) is 59.2 Å². The molecule has 0 amide bonds. The first-order valence-corrected chi connectivity index (χ1v) is 24.3. The van der Waals surface area contributed by atoms with Gasteiger partial charge in [0.15, 0.2) is 0 Å². The van der Waals surface area contributed by atoms with Crippen LogP contribution in [-0.4, -0.2) is 44.0 Å².